The molecule has 0 saturated carbocycles. The third kappa shape index (κ3) is 7.93. The van der Waals surface area contributed by atoms with Crippen molar-refractivity contribution in [2.24, 2.45) is 11.5 Å². The van der Waals surface area contributed by atoms with Crippen LogP contribution in [-0.4, -0.2) is 47.4 Å². The van der Waals surface area contributed by atoms with Gasteiger partial charge in [-0.1, -0.05) is 30.3 Å². The Labute approximate surface area is 144 Å². The fraction of sp³-hybridized carbons (Fsp3) is 0.375. The van der Waals surface area contributed by atoms with Gasteiger partial charge in [0.2, 0.25) is 17.7 Å². The Morgan fingerprint density at radius 2 is 1.76 bits per heavy atom. The van der Waals surface area contributed by atoms with E-state index in [1.165, 1.54) is 0 Å². The number of primary amides is 1. The highest BCUT2D eigenvalue weighted by Crippen LogP contribution is 2.04. The van der Waals surface area contributed by atoms with Gasteiger partial charge in [-0.15, -0.1) is 0 Å². The molecule has 1 rings (SSSR count). The summed E-state index contributed by atoms with van der Waals surface area (Å²) in [7, 11) is 0. The van der Waals surface area contributed by atoms with Gasteiger partial charge >= 0.3 is 5.97 Å². The lowest BCUT2D eigenvalue weighted by atomic mass is 10.0. The summed E-state index contributed by atoms with van der Waals surface area (Å²) in [6.07, 6.45) is -0.0553. The topological polar surface area (TPSA) is 165 Å². The second kappa shape index (κ2) is 10.0. The highest BCUT2D eigenvalue weighted by atomic mass is 16.4. The lowest BCUT2D eigenvalue weighted by Crippen LogP contribution is -2.49. The van der Waals surface area contributed by atoms with Crippen LogP contribution >= 0.6 is 0 Å². The monoisotopic (exact) mass is 350 g/mol. The zero-order valence-corrected chi connectivity index (χ0v) is 13.6. The standard InChI is InChI=1S/C16H22N4O5/c17-11(8-10-4-2-1-3-5-10)15(23)20-12(16(24)25)6-7-14(22)19-9-13(18)21/h1-5,11-12H,6-9,17H2,(H2,18,21)(H,19,22)(H,20,23)(H,24,25)/t11-,12-/m0/s1. The molecule has 0 heterocycles. The average Bonchev–Trinajstić information content (AvgIpc) is 2.57. The molecule has 9 nitrogen and oxygen atoms in total. The molecule has 0 aliphatic heterocycles. The number of rotatable bonds is 10. The van der Waals surface area contributed by atoms with Gasteiger partial charge in [-0.05, 0) is 18.4 Å². The molecule has 3 amide bonds. The van der Waals surface area contributed by atoms with Crippen LogP contribution in [0.3, 0.4) is 0 Å². The summed E-state index contributed by atoms with van der Waals surface area (Å²) in [5, 5.41) is 13.7. The van der Waals surface area contributed by atoms with Gasteiger partial charge in [0.15, 0.2) is 0 Å². The van der Waals surface area contributed by atoms with Crippen molar-refractivity contribution in [2.75, 3.05) is 6.54 Å². The number of aliphatic carboxylic acids is 1. The first-order chi connectivity index (χ1) is 11.8. The van der Waals surface area contributed by atoms with Crippen LogP contribution in [-0.2, 0) is 25.6 Å². The number of carboxylic acids is 1. The van der Waals surface area contributed by atoms with E-state index < -0.39 is 35.8 Å². The predicted octanol–water partition coefficient (Wildman–Crippen LogP) is -1.49. The highest BCUT2D eigenvalue weighted by Gasteiger charge is 2.24. The molecule has 0 aromatic heterocycles. The Morgan fingerprint density at radius 1 is 1.12 bits per heavy atom. The SMILES string of the molecule is NC(=O)CNC(=O)CC[C@H](NC(=O)[C@@H](N)Cc1ccccc1)C(=O)O. The summed E-state index contributed by atoms with van der Waals surface area (Å²) >= 11 is 0. The van der Waals surface area contributed by atoms with Crippen LogP contribution in [0.15, 0.2) is 30.3 Å². The molecule has 0 fully saturated rings. The van der Waals surface area contributed by atoms with E-state index in [4.69, 9.17) is 16.6 Å². The van der Waals surface area contributed by atoms with Crippen molar-refractivity contribution in [2.45, 2.75) is 31.3 Å². The van der Waals surface area contributed by atoms with Crippen molar-refractivity contribution in [1.29, 1.82) is 0 Å². The van der Waals surface area contributed by atoms with E-state index in [-0.39, 0.29) is 25.8 Å². The van der Waals surface area contributed by atoms with Crippen LogP contribution in [0.25, 0.3) is 0 Å². The smallest absolute Gasteiger partial charge is 0.326 e. The summed E-state index contributed by atoms with van der Waals surface area (Å²) in [6, 6.07) is 6.91. The summed E-state index contributed by atoms with van der Waals surface area (Å²) < 4.78 is 0. The zero-order valence-electron chi connectivity index (χ0n) is 13.6. The first-order valence-corrected chi connectivity index (χ1v) is 7.67. The van der Waals surface area contributed by atoms with Crippen LogP contribution in [0.2, 0.25) is 0 Å². The van der Waals surface area contributed by atoms with E-state index in [9.17, 15) is 19.2 Å². The molecule has 25 heavy (non-hydrogen) atoms. The van der Waals surface area contributed by atoms with Gasteiger partial charge in [0.1, 0.15) is 6.04 Å². The minimum absolute atomic E-state index is 0.135. The van der Waals surface area contributed by atoms with E-state index >= 15 is 0 Å². The number of nitrogens with two attached hydrogens (primary N) is 2. The molecule has 9 heteroatoms. The molecule has 0 bridgehead atoms. The summed E-state index contributed by atoms with van der Waals surface area (Å²) in [4.78, 5) is 45.3. The maximum absolute atomic E-state index is 12.1. The lowest BCUT2D eigenvalue weighted by Gasteiger charge is -2.17. The van der Waals surface area contributed by atoms with E-state index in [1.54, 1.807) is 0 Å². The van der Waals surface area contributed by atoms with Gasteiger partial charge in [-0.3, -0.25) is 14.4 Å². The molecule has 0 aliphatic rings. The Kier molecular flexibility index (Phi) is 8.07. The van der Waals surface area contributed by atoms with Crippen molar-refractivity contribution in [3.05, 3.63) is 35.9 Å². The Balaban J connectivity index is 2.50. The molecule has 0 saturated heterocycles. The number of hydrogen-bond donors (Lipinski definition) is 5. The number of carboxylic acid groups (broad SMARTS) is 1. The lowest BCUT2D eigenvalue weighted by molar-refractivity contribution is -0.142. The largest absolute Gasteiger partial charge is 0.480 e. The first kappa shape index (κ1) is 20.1. The van der Waals surface area contributed by atoms with Crippen LogP contribution in [0.4, 0.5) is 0 Å². The minimum atomic E-state index is -1.28. The van der Waals surface area contributed by atoms with Gasteiger partial charge in [-0.25, -0.2) is 4.79 Å². The molecule has 7 N–H and O–H groups in total. The van der Waals surface area contributed by atoms with Gasteiger partial charge in [0.25, 0.3) is 0 Å². The number of nitrogens with one attached hydrogen (secondary N) is 2. The molecule has 1 aromatic rings. The van der Waals surface area contributed by atoms with Crippen LogP contribution in [0, 0.1) is 0 Å². The fourth-order valence-corrected chi connectivity index (χ4v) is 2.05. The predicted molar refractivity (Wildman–Crippen MR) is 89.1 cm³/mol. The van der Waals surface area contributed by atoms with E-state index in [0.717, 1.165) is 5.56 Å². The third-order valence-electron chi connectivity index (χ3n) is 3.37. The normalized spacial score (nSPS) is 12.7. The molecule has 0 radical (unpaired) electrons. The first-order valence-electron chi connectivity index (χ1n) is 7.67. The van der Waals surface area contributed by atoms with Crippen LogP contribution in [0.5, 0.6) is 0 Å². The Hall–Kier alpha value is -2.94. The summed E-state index contributed by atoms with van der Waals surface area (Å²) in [6.45, 7) is -0.328. The third-order valence-corrected chi connectivity index (χ3v) is 3.37. The Bertz CT molecular complexity index is 620. The van der Waals surface area contributed by atoms with E-state index in [1.807, 2.05) is 30.3 Å². The number of carbonyl (C=O) groups is 4. The molecule has 2 atom stereocenters. The highest BCUT2D eigenvalue weighted by molar-refractivity contribution is 5.88. The molecule has 0 unspecified atom stereocenters. The molecule has 1 aromatic carbocycles. The Morgan fingerprint density at radius 3 is 2.32 bits per heavy atom. The van der Waals surface area contributed by atoms with Crippen molar-refractivity contribution < 1.29 is 24.3 Å². The molecule has 136 valence electrons. The van der Waals surface area contributed by atoms with Crippen molar-refractivity contribution in [3.63, 3.8) is 0 Å². The van der Waals surface area contributed by atoms with Gasteiger partial charge in [-0.2, -0.15) is 0 Å². The number of hydrogen-bond acceptors (Lipinski definition) is 5. The van der Waals surface area contributed by atoms with Crippen molar-refractivity contribution in [3.8, 4) is 0 Å². The van der Waals surface area contributed by atoms with Crippen molar-refractivity contribution >= 4 is 23.7 Å². The van der Waals surface area contributed by atoms with Crippen molar-refractivity contribution in [1.82, 2.24) is 10.6 Å². The number of carbonyl (C=O) groups excluding carboxylic acids is 3. The maximum atomic E-state index is 12.1. The minimum Gasteiger partial charge on any atom is -0.480 e. The quantitative estimate of drug-likeness (QED) is 0.345. The van der Waals surface area contributed by atoms with E-state index in [2.05, 4.69) is 10.6 Å². The number of benzene rings is 1. The molecule has 0 spiro atoms. The maximum Gasteiger partial charge on any atom is 0.326 e. The van der Waals surface area contributed by atoms with Gasteiger partial charge in [0.05, 0.1) is 12.6 Å². The zero-order chi connectivity index (χ0) is 18.8. The second-order valence-corrected chi connectivity index (χ2v) is 5.48. The summed E-state index contributed by atoms with van der Waals surface area (Å²) in [5.41, 5.74) is 11.5. The average molecular weight is 350 g/mol. The molecular formula is C16H22N4O5. The van der Waals surface area contributed by atoms with Crippen LogP contribution < -0.4 is 22.1 Å². The number of amides is 3. The van der Waals surface area contributed by atoms with Gasteiger partial charge in [0, 0.05) is 6.42 Å². The fourth-order valence-electron chi connectivity index (χ4n) is 2.05. The molecule has 0 aliphatic carbocycles. The van der Waals surface area contributed by atoms with Gasteiger partial charge < -0.3 is 27.2 Å². The molecular weight excluding hydrogens is 328 g/mol. The summed E-state index contributed by atoms with van der Waals surface area (Å²) in [5.74, 6) is -3.13. The van der Waals surface area contributed by atoms with E-state index in [0.29, 0.717) is 0 Å². The second-order valence-electron chi connectivity index (χ2n) is 5.48. The van der Waals surface area contributed by atoms with Crippen LogP contribution in [0.1, 0.15) is 18.4 Å².